The fraction of sp³-hybridized carbons (Fsp3) is 0.273. The molecule has 0 spiro atoms. The highest BCUT2D eigenvalue weighted by Crippen LogP contribution is 2.30. The Morgan fingerprint density at radius 2 is 1.93 bits per heavy atom. The summed E-state index contributed by atoms with van der Waals surface area (Å²) >= 11 is 0. The number of benzene rings is 2. The lowest BCUT2D eigenvalue weighted by Crippen LogP contribution is -2.30. The minimum atomic E-state index is 0.671. The van der Waals surface area contributed by atoms with E-state index in [9.17, 15) is 0 Å². The normalized spacial score (nSPS) is 14.1. The molecule has 4 aromatic rings. The molecule has 0 amide bonds. The van der Waals surface area contributed by atoms with Gasteiger partial charge in [-0.25, -0.2) is 4.68 Å². The molecule has 1 N–H and O–H groups in total. The molecule has 0 radical (unpaired) electrons. The van der Waals surface area contributed by atoms with E-state index in [1.807, 2.05) is 24.4 Å². The molecule has 5 rings (SSSR count). The molecule has 7 heteroatoms. The number of para-hydroxylation sites is 1. The molecular formula is C22H23N5O2. The van der Waals surface area contributed by atoms with E-state index in [1.165, 1.54) is 22.2 Å². The maximum absolute atomic E-state index is 5.39. The monoisotopic (exact) mass is 389 g/mol. The van der Waals surface area contributed by atoms with Crippen LogP contribution < -0.4 is 9.47 Å². The molecule has 3 heterocycles. The Hall–Kier alpha value is -3.32. The Morgan fingerprint density at radius 3 is 2.79 bits per heavy atom. The summed E-state index contributed by atoms with van der Waals surface area (Å²) in [5.41, 5.74) is 5.81. The third kappa shape index (κ3) is 3.23. The van der Waals surface area contributed by atoms with E-state index in [1.54, 1.807) is 18.9 Å². The van der Waals surface area contributed by atoms with Crippen molar-refractivity contribution in [3.8, 4) is 17.2 Å². The van der Waals surface area contributed by atoms with E-state index in [4.69, 9.17) is 9.47 Å². The number of fused-ring (bicyclic) bond motifs is 3. The van der Waals surface area contributed by atoms with E-state index >= 15 is 0 Å². The highest BCUT2D eigenvalue weighted by Gasteiger charge is 2.21. The second-order valence-corrected chi connectivity index (χ2v) is 7.28. The number of nitrogens with one attached hydrogen (secondary N) is 1. The van der Waals surface area contributed by atoms with Crippen LogP contribution in [0, 0.1) is 0 Å². The van der Waals surface area contributed by atoms with Crippen LogP contribution >= 0.6 is 0 Å². The highest BCUT2D eigenvalue weighted by molar-refractivity contribution is 5.84. The van der Waals surface area contributed by atoms with Crippen LogP contribution in [-0.4, -0.2) is 45.6 Å². The van der Waals surface area contributed by atoms with E-state index in [2.05, 4.69) is 44.5 Å². The summed E-state index contributed by atoms with van der Waals surface area (Å²) in [7, 11) is 3.26. The van der Waals surface area contributed by atoms with Crippen molar-refractivity contribution in [2.24, 2.45) is 0 Å². The number of nitrogens with zero attached hydrogens (tertiary/aromatic N) is 4. The van der Waals surface area contributed by atoms with Gasteiger partial charge in [-0.3, -0.25) is 4.90 Å². The summed E-state index contributed by atoms with van der Waals surface area (Å²) in [4.78, 5) is 5.98. The topological polar surface area (TPSA) is 68.2 Å². The Labute approximate surface area is 168 Å². The average Bonchev–Trinajstić information content (AvgIpc) is 3.37. The second-order valence-electron chi connectivity index (χ2n) is 7.28. The molecule has 2 aromatic heterocycles. The number of hydrogen-bond donors (Lipinski definition) is 1. The van der Waals surface area contributed by atoms with Gasteiger partial charge in [0.2, 0.25) is 0 Å². The van der Waals surface area contributed by atoms with Crippen LogP contribution in [0.4, 0.5) is 0 Å². The molecule has 7 nitrogen and oxygen atoms in total. The average molecular weight is 389 g/mol. The van der Waals surface area contributed by atoms with Crippen molar-refractivity contribution in [2.45, 2.75) is 19.5 Å². The van der Waals surface area contributed by atoms with E-state index < -0.39 is 0 Å². The number of methoxy groups -OCH3 is 2. The van der Waals surface area contributed by atoms with Gasteiger partial charge in [-0.1, -0.05) is 23.4 Å². The Kier molecular flexibility index (Phi) is 4.44. The van der Waals surface area contributed by atoms with Crippen LogP contribution in [0.5, 0.6) is 11.5 Å². The van der Waals surface area contributed by atoms with Crippen LogP contribution in [0.3, 0.4) is 0 Å². The van der Waals surface area contributed by atoms with Crippen LogP contribution in [0.1, 0.15) is 17.0 Å². The van der Waals surface area contributed by atoms with E-state index in [0.717, 1.165) is 37.4 Å². The lowest BCUT2D eigenvalue weighted by Gasteiger charge is -2.25. The van der Waals surface area contributed by atoms with Crippen molar-refractivity contribution in [3.63, 3.8) is 0 Å². The second kappa shape index (κ2) is 7.25. The van der Waals surface area contributed by atoms with Gasteiger partial charge >= 0.3 is 0 Å². The van der Waals surface area contributed by atoms with E-state index in [0.29, 0.717) is 11.5 Å². The first-order valence-corrected chi connectivity index (χ1v) is 9.69. The fourth-order valence-electron chi connectivity index (χ4n) is 4.08. The number of H-pyrrole nitrogens is 1. The summed E-state index contributed by atoms with van der Waals surface area (Å²) in [6.07, 6.45) is 3.02. The third-order valence-electron chi connectivity index (χ3n) is 5.52. The molecule has 0 unspecified atom stereocenters. The summed E-state index contributed by atoms with van der Waals surface area (Å²) in [5.74, 6) is 1.36. The van der Waals surface area contributed by atoms with Crippen molar-refractivity contribution in [3.05, 3.63) is 65.6 Å². The first kappa shape index (κ1) is 17.8. The van der Waals surface area contributed by atoms with Gasteiger partial charge in [0.15, 0.2) is 11.5 Å². The predicted octanol–water partition coefficient (Wildman–Crippen LogP) is 3.32. The summed E-state index contributed by atoms with van der Waals surface area (Å²) < 4.78 is 12.5. The van der Waals surface area contributed by atoms with Crippen LogP contribution in [0.2, 0.25) is 0 Å². The van der Waals surface area contributed by atoms with Gasteiger partial charge in [0.05, 0.1) is 31.8 Å². The summed E-state index contributed by atoms with van der Waals surface area (Å²) in [5, 5.41) is 10.0. The molecule has 0 atom stereocenters. The summed E-state index contributed by atoms with van der Waals surface area (Å²) in [6.45, 7) is 2.67. The number of rotatable bonds is 5. The molecular weight excluding hydrogens is 366 g/mol. The molecule has 0 saturated heterocycles. The Balaban J connectivity index is 1.33. The predicted molar refractivity (Wildman–Crippen MR) is 111 cm³/mol. The van der Waals surface area contributed by atoms with Crippen LogP contribution in [0.25, 0.3) is 16.6 Å². The number of hydrogen-bond acceptors (Lipinski definition) is 5. The first-order valence-electron chi connectivity index (χ1n) is 9.69. The standard InChI is InChI=1S/C22H23N5O2/c1-28-21-8-7-16(11-22(21)29-2)27-13-15(24-25-27)12-26-10-9-18-17-5-3-4-6-19(17)23-20(18)14-26/h3-8,11,13,23H,9-10,12,14H2,1-2H3. The van der Waals surface area contributed by atoms with Gasteiger partial charge in [0.25, 0.3) is 0 Å². The first-order chi connectivity index (χ1) is 14.2. The SMILES string of the molecule is COc1ccc(-n2cc(CN3CCc4c([nH]c5ccccc45)C3)nn2)cc1OC. The van der Waals surface area contributed by atoms with Gasteiger partial charge in [0.1, 0.15) is 0 Å². The number of aromatic nitrogens is 4. The van der Waals surface area contributed by atoms with Crippen molar-refractivity contribution < 1.29 is 9.47 Å². The zero-order valence-corrected chi connectivity index (χ0v) is 16.6. The van der Waals surface area contributed by atoms with Crippen LogP contribution in [-0.2, 0) is 19.5 Å². The van der Waals surface area contributed by atoms with Crippen molar-refractivity contribution in [2.75, 3.05) is 20.8 Å². The minimum Gasteiger partial charge on any atom is -0.493 e. The lowest BCUT2D eigenvalue weighted by atomic mass is 10.0. The largest absolute Gasteiger partial charge is 0.493 e. The quantitative estimate of drug-likeness (QED) is 0.567. The van der Waals surface area contributed by atoms with Crippen molar-refractivity contribution in [1.82, 2.24) is 24.9 Å². The molecule has 0 bridgehead atoms. The highest BCUT2D eigenvalue weighted by atomic mass is 16.5. The molecule has 1 aliphatic heterocycles. The molecule has 29 heavy (non-hydrogen) atoms. The van der Waals surface area contributed by atoms with Gasteiger partial charge in [-0.2, -0.15) is 0 Å². The van der Waals surface area contributed by atoms with Gasteiger partial charge in [0, 0.05) is 42.3 Å². The Bertz CT molecular complexity index is 1160. The molecule has 0 saturated carbocycles. The number of ether oxygens (including phenoxy) is 2. The molecule has 148 valence electrons. The maximum atomic E-state index is 5.39. The zero-order chi connectivity index (χ0) is 19.8. The molecule has 0 aliphatic carbocycles. The molecule has 0 fully saturated rings. The minimum absolute atomic E-state index is 0.671. The van der Waals surface area contributed by atoms with Gasteiger partial charge < -0.3 is 14.5 Å². The van der Waals surface area contributed by atoms with Gasteiger partial charge in [-0.05, 0) is 30.2 Å². The smallest absolute Gasteiger partial charge is 0.162 e. The molecule has 2 aromatic carbocycles. The van der Waals surface area contributed by atoms with Crippen LogP contribution in [0.15, 0.2) is 48.7 Å². The zero-order valence-electron chi connectivity index (χ0n) is 16.6. The summed E-state index contributed by atoms with van der Waals surface area (Å²) in [6, 6.07) is 14.2. The Morgan fingerprint density at radius 1 is 1.07 bits per heavy atom. The maximum Gasteiger partial charge on any atom is 0.162 e. The molecule has 1 aliphatic rings. The lowest BCUT2D eigenvalue weighted by molar-refractivity contribution is 0.240. The van der Waals surface area contributed by atoms with E-state index in [-0.39, 0.29) is 0 Å². The number of aromatic amines is 1. The third-order valence-corrected chi connectivity index (χ3v) is 5.52. The van der Waals surface area contributed by atoms with Crippen molar-refractivity contribution in [1.29, 1.82) is 0 Å². The van der Waals surface area contributed by atoms with Crippen molar-refractivity contribution >= 4 is 10.9 Å². The fourth-order valence-corrected chi connectivity index (χ4v) is 4.08. The van der Waals surface area contributed by atoms with Gasteiger partial charge in [-0.15, -0.1) is 5.10 Å².